The molecule has 1 heterocycles. The zero-order valence-corrected chi connectivity index (χ0v) is 10.2. The standard InChI is InChI=1S/C15H16N2O/c1-2-4-15-11-13(5-6-14(15)3-1)12-16-17-7-9-18-10-8-17/h1-6,11-12H,7-10H2. The van der Waals surface area contributed by atoms with Crippen molar-refractivity contribution in [1.29, 1.82) is 0 Å². The van der Waals surface area contributed by atoms with Crippen molar-refractivity contribution in [1.82, 2.24) is 5.01 Å². The Morgan fingerprint density at radius 2 is 1.78 bits per heavy atom. The van der Waals surface area contributed by atoms with E-state index in [1.807, 2.05) is 6.21 Å². The molecule has 2 aromatic rings. The van der Waals surface area contributed by atoms with Crippen LogP contribution >= 0.6 is 0 Å². The van der Waals surface area contributed by atoms with E-state index in [2.05, 4.69) is 52.6 Å². The zero-order chi connectivity index (χ0) is 12.2. The summed E-state index contributed by atoms with van der Waals surface area (Å²) in [7, 11) is 0. The van der Waals surface area contributed by atoms with Crippen LogP contribution in [0.1, 0.15) is 5.56 Å². The normalized spacial score (nSPS) is 16.6. The van der Waals surface area contributed by atoms with E-state index in [1.165, 1.54) is 10.8 Å². The molecule has 1 aliphatic heterocycles. The van der Waals surface area contributed by atoms with E-state index in [0.717, 1.165) is 31.9 Å². The molecular weight excluding hydrogens is 224 g/mol. The summed E-state index contributed by atoms with van der Waals surface area (Å²) in [5.41, 5.74) is 1.14. The number of benzene rings is 2. The Labute approximate surface area is 107 Å². The predicted octanol–water partition coefficient (Wildman–Crippen LogP) is 2.51. The maximum Gasteiger partial charge on any atom is 0.0659 e. The highest BCUT2D eigenvalue weighted by molar-refractivity contribution is 5.90. The molecule has 1 fully saturated rings. The van der Waals surface area contributed by atoms with E-state index in [0.29, 0.717) is 0 Å². The third-order valence-corrected chi connectivity index (χ3v) is 3.13. The molecule has 0 N–H and O–H groups in total. The van der Waals surface area contributed by atoms with Crippen LogP contribution in [0.5, 0.6) is 0 Å². The predicted molar refractivity (Wildman–Crippen MR) is 73.9 cm³/mol. The van der Waals surface area contributed by atoms with E-state index in [1.54, 1.807) is 0 Å². The maximum atomic E-state index is 5.29. The first-order valence-corrected chi connectivity index (χ1v) is 6.27. The van der Waals surface area contributed by atoms with Gasteiger partial charge in [-0.1, -0.05) is 36.4 Å². The zero-order valence-electron chi connectivity index (χ0n) is 10.2. The molecule has 0 aromatic heterocycles. The summed E-state index contributed by atoms with van der Waals surface area (Å²) in [6.07, 6.45) is 1.93. The van der Waals surface area contributed by atoms with Crippen molar-refractivity contribution in [3.05, 3.63) is 48.0 Å². The average Bonchev–Trinajstić information content (AvgIpc) is 2.46. The Hall–Kier alpha value is -1.87. The molecular formula is C15H16N2O. The largest absolute Gasteiger partial charge is 0.378 e. The molecule has 0 radical (unpaired) electrons. The number of morpholine rings is 1. The molecule has 0 aliphatic carbocycles. The van der Waals surface area contributed by atoms with Crippen LogP contribution in [-0.4, -0.2) is 37.5 Å². The smallest absolute Gasteiger partial charge is 0.0659 e. The molecule has 3 nitrogen and oxygen atoms in total. The second-order valence-electron chi connectivity index (χ2n) is 4.42. The maximum absolute atomic E-state index is 5.29. The SMILES string of the molecule is C(=NN1CCOCC1)c1ccc2ccccc2c1. The molecule has 2 aromatic carbocycles. The third-order valence-electron chi connectivity index (χ3n) is 3.13. The van der Waals surface area contributed by atoms with Crippen molar-refractivity contribution in [2.75, 3.05) is 26.3 Å². The van der Waals surface area contributed by atoms with Crippen LogP contribution in [0.4, 0.5) is 0 Å². The summed E-state index contributed by atoms with van der Waals surface area (Å²) >= 11 is 0. The highest BCUT2D eigenvalue weighted by atomic mass is 16.5. The minimum absolute atomic E-state index is 0.773. The molecule has 1 saturated heterocycles. The number of ether oxygens (including phenoxy) is 1. The minimum Gasteiger partial charge on any atom is -0.378 e. The van der Waals surface area contributed by atoms with Crippen molar-refractivity contribution < 1.29 is 4.74 Å². The molecule has 18 heavy (non-hydrogen) atoms. The Morgan fingerprint density at radius 1 is 1.00 bits per heavy atom. The lowest BCUT2D eigenvalue weighted by molar-refractivity contribution is 0.0397. The fraction of sp³-hybridized carbons (Fsp3) is 0.267. The lowest BCUT2D eigenvalue weighted by Gasteiger charge is -2.23. The molecule has 0 bridgehead atoms. The van der Waals surface area contributed by atoms with E-state index >= 15 is 0 Å². The summed E-state index contributed by atoms with van der Waals surface area (Å²) in [6.45, 7) is 3.30. The van der Waals surface area contributed by atoms with Crippen LogP contribution < -0.4 is 0 Å². The number of rotatable bonds is 2. The van der Waals surface area contributed by atoms with Crippen LogP contribution in [-0.2, 0) is 4.74 Å². The van der Waals surface area contributed by atoms with E-state index in [9.17, 15) is 0 Å². The van der Waals surface area contributed by atoms with Crippen LogP contribution in [0.2, 0.25) is 0 Å². The van der Waals surface area contributed by atoms with Crippen molar-refractivity contribution >= 4 is 17.0 Å². The molecule has 1 aliphatic rings. The van der Waals surface area contributed by atoms with Gasteiger partial charge in [0.25, 0.3) is 0 Å². The third kappa shape index (κ3) is 2.51. The van der Waals surface area contributed by atoms with Gasteiger partial charge in [0.15, 0.2) is 0 Å². The molecule has 0 amide bonds. The van der Waals surface area contributed by atoms with E-state index in [-0.39, 0.29) is 0 Å². The molecule has 0 saturated carbocycles. The van der Waals surface area contributed by atoms with Gasteiger partial charge in [-0.05, 0) is 22.4 Å². The van der Waals surface area contributed by atoms with Crippen molar-refractivity contribution in [2.45, 2.75) is 0 Å². The number of fused-ring (bicyclic) bond motifs is 1. The summed E-state index contributed by atoms with van der Waals surface area (Å²) < 4.78 is 5.29. The first kappa shape index (κ1) is 11.2. The van der Waals surface area contributed by atoms with Gasteiger partial charge in [0.1, 0.15) is 0 Å². The second-order valence-corrected chi connectivity index (χ2v) is 4.42. The Balaban J connectivity index is 1.79. The summed E-state index contributed by atoms with van der Waals surface area (Å²) in [5, 5.41) is 9.06. The van der Waals surface area contributed by atoms with Crippen LogP contribution in [0.25, 0.3) is 10.8 Å². The molecule has 0 atom stereocenters. The highest BCUT2D eigenvalue weighted by Crippen LogP contribution is 2.14. The Kier molecular flexibility index (Phi) is 3.24. The van der Waals surface area contributed by atoms with Gasteiger partial charge in [0.05, 0.1) is 32.5 Å². The molecule has 3 rings (SSSR count). The molecule has 0 spiro atoms. The first-order valence-electron chi connectivity index (χ1n) is 6.27. The highest BCUT2D eigenvalue weighted by Gasteiger charge is 2.06. The van der Waals surface area contributed by atoms with Gasteiger partial charge in [-0.25, -0.2) is 0 Å². The summed E-state index contributed by atoms with van der Waals surface area (Å²) in [6, 6.07) is 14.8. The second kappa shape index (κ2) is 5.19. The van der Waals surface area contributed by atoms with Crippen LogP contribution in [0.15, 0.2) is 47.6 Å². The van der Waals surface area contributed by atoms with Gasteiger partial charge in [0.2, 0.25) is 0 Å². The van der Waals surface area contributed by atoms with Crippen LogP contribution in [0.3, 0.4) is 0 Å². The number of hydrazone groups is 1. The first-order chi connectivity index (χ1) is 8.92. The topological polar surface area (TPSA) is 24.8 Å². The number of hydrogen-bond acceptors (Lipinski definition) is 3. The Bertz CT molecular complexity index is 559. The van der Waals surface area contributed by atoms with Crippen molar-refractivity contribution in [3.63, 3.8) is 0 Å². The summed E-state index contributed by atoms with van der Waals surface area (Å²) in [5.74, 6) is 0. The van der Waals surface area contributed by atoms with Crippen molar-refractivity contribution in [2.24, 2.45) is 5.10 Å². The fourth-order valence-corrected chi connectivity index (χ4v) is 2.11. The Morgan fingerprint density at radius 3 is 2.61 bits per heavy atom. The van der Waals surface area contributed by atoms with E-state index < -0.39 is 0 Å². The monoisotopic (exact) mass is 240 g/mol. The minimum atomic E-state index is 0.773. The van der Waals surface area contributed by atoms with Gasteiger partial charge in [-0.3, -0.25) is 5.01 Å². The number of hydrogen-bond donors (Lipinski definition) is 0. The van der Waals surface area contributed by atoms with Gasteiger partial charge in [-0.2, -0.15) is 5.10 Å². The average molecular weight is 240 g/mol. The van der Waals surface area contributed by atoms with Gasteiger partial charge < -0.3 is 4.74 Å². The summed E-state index contributed by atoms with van der Waals surface area (Å²) in [4.78, 5) is 0. The quantitative estimate of drug-likeness (QED) is 0.753. The molecule has 0 unspecified atom stereocenters. The lowest BCUT2D eigenvalue weighted by Crippen LogP contribution is -2.32. The molecule has 3 heteroatoms. The van der Waals surface area contributed by atoms with Crippen molar-refractivity contribution in [3.8, 4) is 0 Å². The van der Waals surface area contributed by atoms with Gasteiger partial charge in [0, 0.05) is 0 Å². The van der Waals surface area contributed by atoms with E-state index in [4.69, 9.17) is 4.74 Å². The van der Waals surface area contributed by atoms with Crippen LogP contribution in [0, 0.1) is 0 Å². The van der Waals surface area contributed by atoms with Gasteiger partial charge in [-0.15, -0.1) is 0 Å². The van der Waals surface area contributed by atoms with Gasteiger partial charge >= 0.3 is 0 Å². The fourth-order valence-electron chi connectivity index (χ4n) is 2.11. The molecule has 92 valence electrons. The lowest BCUT2D eigenvalue weighted by atomic mass is 10.1. The number of nitrogens with zero attached hydrogens (tertiary/aromatic N) is 2.